The molecule has 2 atom stereocenters. The van der Waals surface area contributed by atoms with Crippen LogP contribution in [0.15, 0.2) is 12.4 Å². The molecule has 2 aliphatic rings. The lowest BCUT2D eigenvalue weighted by molar-refractivity contribution is -0.129. The first kappa shape index (κ1) is 14.3. The predicted molar refractivity (Wildman–Crippen MR) is 85.2 cm³/mol. The van der Waals surface area contributed by atoms with E-state index in [9.17, 15) is 4.79 Å². The number of thioether (sulfide) groups is 2. The van der Waals surface area contributed by atoms with Crippen LogP contribution in [-0.4, -0.2) is 56.5 Å². The van der Waals surface area contributed by atoms with E-state index >= 15 is 0 Å². The molecule has 0 radical (unpaired) electrons. The summed E-state index contributed by atoms with van der Waals surface area (Å²) in [6, 6.07) is 0. The van der Waals surface area contributed by atoms with Crippen LogP contribution in [0, 0.1) is 5.92 Å². The number of imidazole rings is 1. The minimum atomic E-state index is 0.171. The zero-order valence-electron chi connectivity index (χ0n) is 11.8. The summed E-state index contributed by atoms with van der Waals surface area (Å²) in [5.41, 5.74) is 0. The van der Waals surface area contributed by atoms with Crippen molar-refractivity contribution in [2.45, 2.75) is 24.6 Å². The molecule has 20 heavy (non-hydrogen) atoms. The van der Waals surface area contributed by atoms with E-state index in [1.165, 1.54) is 11.6 Å². The summed E-state index contributed by atoms with van der Waals surface area (Å²) in [5, 5.41) is 0.171. The second-order valence-electron chi connectivity index (χ2n) is 5.55. The zero-order valence-corrected chi connectivity index (χ0v) is 13.5. The summed E-state index contributed by atoms with van der Waals surface area (Å²) in [6.07, 6.45) is 6.07. The molecule has 3 rings (SSSR count). The minimum Gasteiger partial charge on any atom is -0.344 e. The third-order valence-electron chi connectivity index (χ3n) is 4.05. The summed E-state index contributed by atoms with van der Waals surface area (Å²) in [5.74, 6) is 5.31. The van der Waals surface area contributed by atoms with Gasteiger partial charge in [-0.05, 0) is 12.3 Å². The van der Waals surface area contributed by atoms with Crippen molar-refractivity contribution in [2.24, 2.45) is 5.92 Å². The maximum atomic E-state index is 12.4. The summed E-state index contributed by atoms with van der Waals surface area (Å²) < 4.78 is 2.23. The lowest BCUT2D eigenvalue weighted by Crippen LogP contribution is -2.41. The second kappa shape index (κ2) is 6.43. The highest BCUT2D eigenvalue weighted by Crippen LogP contribution is 2.26. The van der Waals surface area contributed by atoms with Crippen LogP contribution < -0.4 is 0 Å². The van der Waals surface area contributed by atoms with Gasteiger partial charge >= 0.3 is 0 Å². The molecule has 1 amide bonds. The van der Waals surface area contributed by atoms with Gasteiger partial charge < -0.3 is 9.47 Å². The highest BCUT2D eigenvalue weighted by molar-refractivity contribution is 8.07. The Morgan fingerprint density at radius 2 is 2.45 bits per heavy atom. The van der Waals surface area contributed by atoms with E-state index in [2.05, 4.69) is 15.7 Å². The molecule has 0 aromatic carbocycles. The summed E-state index contributed by atoms with van der Waals surface area (Å²) in [4.78, 5) is 18.8. The molecular formula is C14H21N3OS2. The first-order chi connectivity index (χ1) is 9.74. The fourth-order valence-electron chi connectivity index (χ4n) is 2.92. The minimum absolute atomic E-state index is 0.171. The van der Waals surface area contributed by atoms with Crippen LogP contribution in [0.3, 0.4) is 0 Å². The van der Waals surface area contributed by atoms with Crippen molar-refractivity contribution in [1.82, 2.24) is 14.5 Å². The number of carbonyl (C=O) groups is 1. The molecule has 0 unspecified atom stereocenters. The van der Waals surface area contributed by atoms with E-state index in [-0.39, 0.29) is 5.25 Å². The van der Waals surface area contributed by atoms with Crippen molar-refractivity contribution in [3.8, 4) is 0 Å². The van der Waals surface area contributed by atoms with Crippen molar-refractivity contribution in [3.63, 3.8) is 0 Å². The summed E-state index contributed by atoms with van der Waals surface area (Å²) in [7, 11) is 1.96. The largest absolute Gasteiger partial charge is 0.344 e. The van der Waals surface area contributed by atoms with Gasteiger partial charge in [0.15, 0.2) is 0 Å². The monoisotopic (exact) mass is 311 g/mol. The van der Waals surface area contributed by atoms with Crippen molar-refractivity contribution < 1.29 is 4.79 Å². The Morgan fingerprint density at radius 3 is 3.25 bits per heavy atom. The number of aromatic nitrogens is 2. The van der Waals surface area contributed by atoms with Crippen LogP contribution in [0.2, 0.25) is 0 Å². The number of amides is 1. The average molecular weight is 311 g/mol. The molecule has 4 nitrogen and oxygen atoms in total. The maximum absolute atomic E-state index is 12.4. The van der Waals surface area contributed by atoms with E-state index in [1.807, 2.05) is 41.7 Å². The molecule has 0 bridgehead atoms. The van der Waals surface area contributed by atoms with E-state index in [0.717, 1.165) is 37.4 Å². The van der Waals surface area contributed by atoms with Gasteiger partial charge in [-0.3, -0.25) is 4.79 Å². The second-order valence-corrected chi connectivity index (χ2v) is 8.01. The quantitative estimate of drug-likeness (QED) is 0.852. The van der Waals surface area contributed by atoms with Crippen molar-refractivity contribution >= 4 is 29.4 Å². The molecule has 1 saturated heterocycles. The van der Waals surface area contributed by atoms with E-state index in [1.54, 1.807) is 0 Å². The standard InChI is InChI=1S/C14H21N3OS2/c1-16(14(18)12-10-19-6-7-20-12)9-11-2-4-17-5-3-15-13(17)8-11/h3,5,11-12H,2,4,6-10H2,1H3/t11-,12-/m0/s1. The summed E-state index contributed by atoms with van der Waals surface area (Å²) in [6.45, 7) is 1.91. The van der Waals surface area contributed by atoms with Crippen molar-refractivity contribution in [2.75, 3.05) is 30.9 Å². The Bertz CT molecular complexity index is 471. The molecule has 1 aromatic rings. The molecule has 3 heterocycles. The number of fused-ring (bicyclic) bond motifs is 1. The fraction of sp³-hybridized carbons (Fsp3) is 0.714. The molecule has 0 aliphatic carbocycles. The van der Waals surface area contributed by atoms with E-state index in [0.29, 0.717) is 11.8 Å². The first-order valence-corrected chi connectivity index (χ1v) is 9.38. The Balaban J connectivity index is 1.54. The van der Waals surface area contributed by atoms with Crippen LogP contribution in [0.25, 0.3) is 0 Å². The van der Waals surface area contributed by atoms with Crippen LogP contribution in [0.1, 0.15) is 12.2 Å². The smallest absolute Gasteiger partial charge is 0.236 e. The topological polar surface area (TPSA) is 38.1 Å². The van der Waals surface area contributed by atoms with Gasteiger partial charge in [-0.15, -0.1) is 11.8 Å². The molecule has 6 heteroatoms. The third-order valence-corrected chi connectivity index (χ3v) is 6.79. The van der Waals surface area contributed by atoms with Gasteiger partial charge in [0, 0.05) is 56.2 Å². The van der Waals surface area contributed by atoms with Crippen LogP contribution in [0.4, 0.5) is 0 Å². The molecule has 1 aromatic heterocycles. The van der Waals surface area contributed by atoms with Gasteiger partial charge in [0.05, 0.1) is 5.25 Å². The number of hydrogen-bond donors (Lipinski definition) is 0. The summed E-state index contributed by atoms with van der Waals surface area (Å²) >= 11 is 3.73. The Kier molecular flexibility index (Phi) is 4.61. The number of carbonyl (C=O) groups excluding carboxylic acids is 1. The Hall–Kier alpha value is -0.620. The molecule has 2 aliphatic heterocycles. The van der Waals surface area contributed by atoms with E-state index < -0.39 is 0 Å². The lowest BCUT2D eigenvalue weighted by Gasteiger charge is -2.30. The fourth-order valence-corrected chi connectivity index (χ4v) is 5.59. The van der Waals surface area contributed by atoms with Crippen molar-refractivity contribution in [3.05, 3.63) is 18.2 Å². The highest BCUT2D eigenvalue weighted by atomic mass is 32.2. The highest BCUT2D eigenvalue weighted by Gasteiger charge is 2.27. The lowest BCUT2D eigenvalue weighted by atomic mass is 9.97. The van der Waals surface area contributed by atoms with Crippen LogP contribution in [0.5, 0.6) is 0 Å². The third kappa shape index (κ3) is 3.17. The van der Waals surface area contributed by atoms with Crippen LogP contribution in [-0.2, 0) is 17.8 Å². The molecule has 0 spiro atoms. The zero-order chi connectivity index (χ0) is 13.9. The van der Waals surface area contributed by atoms with Gasteiger partial charge in [0.2, 0.25) is 5.91 Å². The van der Waals surface area contributed by atoms with Gasteiger partial charge in [0.1, 0.15) is 5.82 Å². The normalized spacial score (nSPS) is 26.1. The molecular weight excluding hydrogens is 290 g/mol. The number of nitrogens with zero attached hydrogens (tertiary/aromatic N) is 3. The van der Waals surface area contributed by atoms with Gasteiger partial charge in [0.25, 0.3) is 0 Å². The number of rotatable bonds is 3. The van der Waals surface area contributed by atoms with Gasteiger partial charge in [-0.25, -0.2) is 4.98 Å². The van der Waals surface area contributed by atoms with Gasteiger partial charge in [-0.2, -0.15) is 11.8 Å². The molecule has 0 saturated carbocycles. The van der Waals surface area contributed by atoms with Gasteiger partial charge in [-0.1, -0.05) is 0 Å². The molecule has 110 valence electrons. The number of aryl methyl sites for hydroxylation is 1. The van der Waals surface area contributed by atoms with Crippen LogP contribution >= 0.6 is 23.5 Å². The number of hydrogen-bond acceptors (Lipinski definition) is 4. The van der Waals surface area contributed by atoms with Crippen molar-refractivity contribution in [1.29, 1.82) is 0 Å². The van der Waals surface area contributed by atoms with E-state index in [4.69, 9.17) is 0 Å². The molecule has 1 fully saturated rings. The maximum Gasteiger partial charge on any atom is 0.236 e. The SMILES string of the molecule is CN(C[C@H]1CCn2ccnc2C1)C(=O)[C@@H]1CSCCS1. The average Bonchev–Trinajstić information content (AvgIpc) is 2.95. The Labute approximate surface area is 128 Å². The molecule has 0 N–H and O–H groups in total. The Morgan fingerprint density at radius 1 is 1.55 bits per heavy atom. The predicted octanol–water partition coefficient (Wildman–Crippen LogP) is 1.75. The first-order valence-electron chi connectivity index (χ1n) is 7.18.